The van der Waals surface area contributed by atoms with E-state index in [4.69, 9.17) is 29.8 Å². The maximum absolute atomic E-state index is 8.40. The second-order valence-corrected chi connectivity index (χ2v) is 21.4. The molecule has 7 heteroatoms. The minimum atomic E-state index is -0.200. The number of aliphatic hydroxyl groups is 1. The van der Waals surface area contributed by atoms with E-state index in [0.717, 1.165) is 38.7 Å². The van der Waals surface area contributed by atoms with Crippen molar-refractivity contribution in [2.24, 2.45) is 0 Å². The van der Waals surface area contributed by atoms with Gasteiger partial charge in [-0.1, -0.05) is 190 Å². The molecule has 2 aliphatic carbocycles. The summed E-state index contributed by atoms with van der Waals surface area (Å²) in [5, 5.41) is 10.5. The van der Waals surface area contributed by atoms with Gasteiger partial charge in [-0.25, -0.2) is 15.0 Å². The number of hydrogen-bond donors (Lipinski definition) is 1. The van der Waals surface area contributed by atoms with Crippen LogP contribution in [0.4, 0.5) is 0 Å². The van der Waals surface area contributed by atoms with Gasteiger partial charge in [0, 0.05) is 48.4 Å². The van der Waals surface area contributed by atoms with Crippen molar-refractivity contribution in [3.63, 3.8) is 0 Å². The Balaban J connectivity index is 0.000000727. The fourth-order valence-corrected chi connectivity index (χ4v) is 9.88. The van der Waals surface area contributed by atoms with E-state index in [1.54, 1.807) is 0 Å². The molecule has 0 amide bonds. The third kappa shape index (κ3) is 8.67. The van der Waals surface area contributed by atoms with E-state index in [1.165, 1.54) is 75.6 Å². The number of rotatable bonds is 5. The summed E-state index contributed by atoms with van der Waals surface area (Å²) in [5.74, 6) is 2.11. The smallest absolute Gasteiger partial charge is 0.316 e. The molecule has 0 saturated carbocycles. The summed E-state index contributed by atoms with van der Waals surface area (Å²) in [7, 11) is 0. The van der Waals surface area contributed by atoms with E-state index in [9.17, 15) is 0 Å². The zero-order valence-electron chi connectivity index (χ0n) is 41.2. The number of allylic oxidation sites excluding steroid dienone is 2. The molecule has 2 N–H and O–H groups in total. The van der Waals surface area contributed by atoms with Crippen LogP contribution < -0.4 is 0 Å². The number of hydrogen-bond acceptors (Lipinski definition) is 5. The van der Waals surface area contributed by atoms with Gasteiger partial charge < -0.3 is 10.1 Å². The number of fused-ring (bicyclic) bond motifs is 7. The molecule has 10 rings (SSSR count). The number of benzene rings is 6. The molecular formula is C61H60IrN4O2. The molecule has 6 aromatic carbocycles. The largest absolute Gasteiger partial charge is 0.512 e. The van der Waals surface area contributed by atoms with Gasteiger partial charge in [-0.2, -0.15) is 0 Å². The molecule has 0 aliphatic heterocycles. The first-order chi connectivity index (χ1) is 31.6. The van der Waals surface area contributed by atoms with E-state index >= 15 is 0 Å². The summed E-state index contributed by atoms with van der Waals surface area (Å²) in [5.41, 5.74) is 17.7. The average Bonchev–Trinajstić information content (AvgIpc) is 3.65. The van der Waals surface area contributed by atoms with Gasteiger partial charge in [-0.15, -0.1) is 29.3 Å². The fraction of sp³-hybridized carbons (Fsp3) is 0.262. The van der Waals surface area contributed by atoms with Gasteiger partial charge in [0.25, 0.3) is 0 Å². The van der Waals surface area contributed by atoms with Gasteiger partial charge in [0.15, 0.2) is 17.5 Å². The molecule has 68 heavy (non-hydrogen) atoms. The first kappa shape index (κ1) is 48.1. The average molecular weight is 1070 g/mol. The Labute approximate surface area is 415 Å². The number of nitrogens with zero attached hydrogens (tertiary/aromatic N) is 4. The molecule has 0 saturated heterocycles. The van der Waals surface area contributed by atoms with Gasteiger partial charge in [-0.05, 0) is 78.6 Å². The second kappa shape index (κ2) is 17.6. The zero-order chi connectivity index (χ0) is 47.8. The summed E-state index contributed by atoms with van der Waals surface area (Å²) >= 11 is 0. The fourth-order valence-electron chi connectivity index (χ4n) is 9.88. The van der Waals surface area contributed by atoms with Gasteiger partial charge in [0.2, 0.25) is 0 Å². The normalized spacial score (nSPS) is 14.2. The van der Waals surface area contributed by atoms with Crippen LogP contribution in [-0.2, 0) is 41.8 Å². The van der Waals surface area contributed by atoms with Crippen molar-refractivity contribution in [3.8, 4) is 67.7 Å². The van der Waals surface area contributed by atoms with Crippen LogP contribution in [0.25, 0.3) is 78.4 Å². The standard InChI is InChI=1S/C56H51N4.C5H8O2.Ir/c1-53(2,3)36-24-19-33(20-25-36)50-58-51(34-21-26-37(27-22-34)54(4,5)6)60-52(59-50)44-32-57-49(41-17-12-11-15-38(41)44)35-23-28-40-43-31-47-42(30-48(43)56(9,10)46(40)29-35)39-16-13-14-18-45(39)55(47,7)8;1-4(6)3-5(2)7;/h11-22,24-32H,1-10H3;3,6H,1-2H3;/q-1;;/p+1/b;4-3-;. The SMILES string of the molecule is CC(=[OH+])/C=C(/C)O.CC(C)(C)c1ccc(-c2nc(-c3ccc(C(C)(C)C)cc3)nc(-c3cnc(-c4[c-]cc5c(c4)C(C)(C)c4cc6c(cc4-5)C(C)(C)c4ccccc4-6)c4ccccc34)n2)cc1.[Ir]. The molecule has 6 nitrogen and oxygen atoms in total. The van der Waals surface area contributed by atoms with Crippen molar-refractivity contribution in [1.29, 1.82) is 0 Å². The van der Waals surface area contributed by atoms with Crippen LogP contribution in [-0.4, -0.2) is 35.6 Å². The molecule has 0 bridgehead atoms. The van der Waals surface area contributed by atoms with Gasteiger partial charge in [-0.3, -0.25) is 4.79 Å². The Morgan fingerprint density at radius 3 is 1.54 bits per heavy atom. The van der Waals surface area contributed by atoms with E-state index in [-0.39, 0.29) is 53.3 Å². The summed E-state index contributed by atoms with van der Waals surface area (Å²) in [6, 6.07) is 47.8. The molecule has 0 spiro atoms. The van der Waals surface area contributed by atoms with Crippen LogP contribution >= 0.6 is 0 Å². The minimum Gasteiger partial charge on any atom is -0.512 e. The Morgan fingerprint density at radius 1 is 0.559 bits per heavy atom. The maximum atomic E-state index is 8.40. The van der Waals surface area contributed by atoms with Crippen molar-refractivity contribution in [1.82, 2.24) is 19.9 Å². The molecule has 2 aliphatic rings. The molecule has 0 atom stereocenters. The number of aliphatic hydroxyl groups excluding tert-OH is 1. The third-order valence-corrected chi connectivity index (χ3v) is 13.7. The second-order valence-electron chi connectivity index (χ2n) is 21.4. The van der Waals surface area contributed by atoms with Crippen molar-refractivity contribution < 1.29 is 30.0 Å². The first-order valence-electron chi connectivity index (χ1n) is 23.2. The Bertz CT molecular complexity index is 3220. The molecule has 0 fully saturated rings. The van der Waals surface area contributed by atoms with Crippen molar-refractivity contribution in [2.75, 3.05) is 0 Å². The number of pyridine rings is 1. The molecular weight excluding hydrogens is 1010 g/mol. The number of carbonyl (C=O) groups excluding carboxylic acids is 1. The van der Waals surface area contributed by atoms with Crippen LogP contribution in [0.1, 0.15) is 116 Å². The van der Waals surface area contributed by atoms with Crippen LogP contribution in [0.3, 0.4) is 0 Å². The molecule has 2 heterocycles. The minimum absolute atomic E-state index is 0. The third-order valence-electron chi connectivity index (χ3n) is 13.7. The molecule has 0 unspecified atom stereocenters. The van der Waals surface area contributed by atoms with Gasteiger partial charge in [0.1, 0.15) is 0 Å². The summed E-state index contributed by atoms with van der Waals surface area (Å²) in [6.45, 7) is 25.8. The van der Waals surface area contributed by atoms with Crippen LogP contribution in [0.2, 0.25) is 0 Å². The molecule has 8 aromatic rings. The summed E-state index contributed by atoms with van der Waals surface area (Å²) in [6.07, 6.45) is 3.22. The zero-order valence-corrected chi connectivity index (χ0v) is 43.6. The molecule has 1 radical (unpaired) electrons. The molecule has 345 valence electrons. The van der Waals surface area contributed by atoms with Crippen molar-refractivity contribution in [2.45, 2.75) is 105 Å². The summed E-state index contributed by atoms with van der Waals surface area (Å²) in [4.78, 5) is 29.0. The first-order valence-corrected chi connectivity index (χ1v) is 23.2. The van der Waals surface area contributed by atoms with Crippen LogP contribution in [0, 0.1) is 6.07 Å². The quantitative estimate of drug-likeness (QED) is 0.0802. The van der Waals surface area contributed by atoms with E-state index in [2.05, 4.69) is 197 Å². The summed E-state index contributed by atoms with van der Waals surface area (Å²) < 4.78 is 0. The van der Waals surface area contributed by atoms with Gasteiger partial charge >= 0.3 is 5.78 Å². The molecule has 2 aromatic heterocycles. The number of ketones is 1. The van der Waals surface area contributed by atoms with Crippen molar-refractivity contribution >= 4 is 16.6 Å². The van der Waals surface area contributed by atoms with E-state index in [0.29, 0.717) is 17.5 Å². The van der Waals surface area contributed by atoms with Crippen molar-refractivity contribution in [3.05, 3.63) is 179 Å². The van der Waals surface area contributed by atoms with E-state index < -0.39 is 0 Å². The topological polar surface area (TPSA) is 93.2 Å². The monoisotopic (exact) mass is 1070 g/mol. The van der Waals surface area contributed by atoms with E-state index in [1.807, 2.05) is 6.20 Å². The van der Waals surface area contributed by atoms with Crippen LogP contribution in [0.5, 0.6) is 0 Å². The van der Waals surface area contributed by atoms with Gasteiger partial charge in [0.05, 0.1) is 18.8 Å². The maximum Gasteiger partial charge on any atom is 0.316 e. The predicted molar refractivity (Wildman–Crippen MR) is 277 cm³/mol. The Kier molecular flexibility index (Phi) is 12.4. The Hall–Kier alpha value is -6.40. The Morgan fingerprint density at radius 2 is 1.03 bits per heavy atom. The number of aromatic nitrogens is 4. The predicted octanol–water partition coefficient (Wildman–Crippen LogP) is 15.1. The van der Waals surface area contributed by atoms with Crippen LogP contribution in [0.15, 0.2) is 139 Å².